The number of carbonyl (C=O) groups is 1. The molecular formula is C26H22FN5O3S. The lowest BCUT2D eigenvalue weighted by Gasteiger charge is -2.11. The van der Waals surface area contributed by atoms with Crippen LogP contribution < -0.4 is 10.1 Å². The third-order valence-corrected chi connectivity index (χ3v) is 6.97. The number of aromatic carboxylic acids is 1. The van der Waals surface area contributed by atoms with Gasteiger partial charge >= 0.3 is 5.97 Å². The zero-order chi connectivity index (χ0) is 25.2. The Bertz CT molecular complexity index is 1570. The molecule has 0 aliphatic carbocycles. The predicted octanol–water partition coefficient (Wildman–Crippen LogP) is 5.49. The van der Waals surface area contributed by atoms with Crippen molar-refractivity contribution in [1.29, 1.82) is 0 Å². The van der Waals surface area contributed by atoms with Crippen LogP contribution in [0.4, 0.5) is 10.2 Å². The van der Waals surface area contributed by atoms with Gasteiger partial charge in [0.25, 0.3) is 0 Å². The minimum Gasteiger partial charge on any atom is -0.496 e. The van der Waals surface area contributed by atoms with E-state index in [0.717, 1.165) is 22.4 Å². The maximum atomic E-state index is 14.6. The molecule has 1 aromatic carbocycles. The van der Waals surface area contributed by atoms with Crippen LogP contribution in [0.2, 0.25) is 0 Å². The van der Waals surface area contributed by atoms with Crippen molar-refractivity contribution in [3.8, 4) is 27.6 Å². The molecule has 0 atom stereocenters. The highest BCUT2D eigenvalue weighted by atomic mass is 32.1. The molecule has 8 nitrogen and oxygen atoms in total. The number of anilines is 1. The Hall–Kier alpha value is -4.31. The van der Waals surface area contributed by atoms with Crippen molar-refractivity contribution >= 4 is 34.0 Å². The van der Waals surface area contributed by atoms with E-state index in [1.54, 1.807) is 43.6 Å². The smallest absolute Gasteiger partial charge is 0.346 e. The fourth-order valence-electron chi connectivity index (χ4n) is 4.18. The number of halogens is 1. The number of ether oxygens (including phenoxy) is 1. The first-order chi connectivity index (χ1) is 17.5. The third-order valence-electron chi connectivity index (χ3n) is 5.82. The van der Waals surface area contributed by atoms with E-state index < -0.39 is 5.97 Å². The molecule has 10 heteroatoms. The summed E-state index contributed by atoms with van der Waals surface area (Å²) in [5, 5.41) is 13.7. The Balaban J connectivity index is 1.37. The highest BCUT2D eigenvalue weighted by molar-refractivity contribution is 7.17. The molecule has 0 aliphatic heterocycles. The molecule has 0 spiro atoms. The van der Waals surface area contributed by atoms with Crippen LogP contribution in [0, 0.1) is 12.7 Å². The van der Waals surface area contributed by atoms with Crippen molar-refractivity contribution in [1.82, 2.24) is 19.5 Å². The molecule has 2 N–H and O–H groups in total. The lowest BCUT2D eigenvalue weighted by Crippen LogP contribution is -2.12. The van der Waals surface area contributed by atoms with Crippen LogP contribution in [0.5, 0.6) is 5.75 Å². The molecule has 0 unspecified atom stereocenters. The summed E-state index contributed by atoms with van der Waals surface area (Å²) >= 11 is 1.14. The Morgan fingerprint density at radius 3 is 2.75 bits per heavy atom. The molecule has 36 heavy (non-hydrogen) atoms. The maximum Gasteiger partial charge on any atom is 0.346 e. The Kier molecular flexibility index (Phi) is 6.34. The number of thiophene rings is 1. The van der Waals surface area contributed by atoms with Crippen LogP contribution in [0.1, 0.15) is 15.4 Å². The lowest BCUT2D eigenvalue weighted by atomic mass is 10.1. The summed E-state index contributed by atoms with van der Waals surface area (Å²) in [7, 11) is 1.57. The number of carboxylic acid groups (broad SMARTS) is 1. The van der Waals surface area contributed by atoms with Gasteiger partial charge in [0.1, 0.15) is 28.6 Å². The van der Waals surface area contributed by atoms with Crippen LogP contribution in [-0.2, 0) is 6.54 Å². The van der Waals surface area contributed by atoms with Gasteiger partial charge < -0.3 is 19.7 Å². The Labute approximate surface area is 210 Å². The summed E-state index contributed by atoms with van der Waals surface area (Å²) in [6.45, 7) is 2.92. The summed E-state index contributed by atoms with van der Waals surface area (Å²) in [4.78, 5) is 25.7. The van der Waals surface area contributed by atoms with Crippen LogP contribution in [0.15, 0.2) is 61.1 Å². The van der Waals surface area contributed by atoms with Crippen LogP contribution in [0.25, 0.3) is 32.7 Å². The van der Waals surface area contributed by atoms with Crippen molar-refractivity contribution in [2.45, 2.75) is 13.5 Å². The third kappa shape index (κ3) is 4.38. The molecular weight excluding hydrogens is 481 g/mol. The van der Waals surface area contributed by atoms with E-state index in [9.17, 15) is 14.3 Å². The number of hydrogen-bond donors (Lipinski definition) is 2. The van der Waals surface area contributed by atoms with E-state index in [1.165, 1.54) is 12.4 Å². The molecule has 4 heterocycles. The van der Waals surface area contributed by atoms with Crippen LogP contribution in [0.3, 0.4) is 0 Å². The Morgan fingerprint density at radius 2 is 2.00 bits per heavy atom. The minimum atomic E-state index is -1.02. The molecule has 0 saturated carbocycles. The zero-order valence-corrected chi connectivity index (χ0v) is 20.3. The standard InChI is InChI=1S/C26H22FN5O3S/c1-15-11-17-21(35-2)7-6-18(27)24(17)32(15)10-9-29-23-13-20(30-14-31-23)22-12-16(25(36-22)26(33)34)19-5-3-4-8-28-19/h3-8,11-14H,9-10H2,1-2H3,(H,33,34)(H,29,30,31). The second kappa shape index (κ2) is 9.74. The van der Waals surface area contributed by atoms with E-state index in [1.807, 2.05) is 23.6 Å². The molecule has 0 aliphatic rings. The first-order valence-corrected chi connectivity index (χ1v) is 11.9. The maximum absolute atomic E-state index is 14.6. The summed E-state index contributed by atoms with van der Waals surface area (Å²) in [5.74, 6) is -0.114. The van der Waals surface area contributed by atoms with Crippen molar-refractivity contribution < 1.29 is 19.0 Å². The lowest BCUT2D eigenvalue weighted by molar-refractivity contribution is 0.0703. The second-order valence-electron chi connectivity index (χ2n) is 8.04. The normalized spacial score (nSPS) is 11.1. The Morgan fingerprint density at radius 1 is 1.14 bits per heavy atom. The van der Waals surface area contributed by atoms with Gasteiger partial charge in [-0.15, -0.1) is 11.3 Å². The quantitative estimate of drug-likeness (QED) is 0.289. The number of rotatable bonds is 8. The fraction of sp³-hybridized carbons (Fsp3) is 0.154. The predicted molar refractivity (Wildman–Crippen MR) is 137 cm³/mol. The average molecular weight is 504 g/mol. The number of methoxy groups -OCH3 is 1. The van der Waals surface area contributed by atoms with Gasteiger partial charge in [-0.05, 0) is 43.3 Å². The molecule has 0 amide bonds. The number of benzene rings is 1. The number of nitrogens with zero attached hydrogens (tertiary/aromatic N) is 4. The van der Waals surface area contributed by atoms with Crippen molar-refractivity contribution in [3.63, 3.8) is 0 Å². The molecule has 0 bridgehead atoms. The molecule has 5 aromatic rings. The SMILES string of the molecule is COc1ccc(F)c2c1cc(C)n2CCNc1cc(-c2cc(-c3ccccn3)c(C(=O)O)s2)ncn1. The number of carboxylic acids is 1. The van der Waals surface area contributed by atoms with E-state index in [2.05, 4.69) is 20.3 Å². The summed E-state index contributed by atoms with van der Waals surface area (Å²) in [6, 6.07) is 13.9. The topological polar surface area (TPSA) is 102 Å². The molecule has 0 radical (unpaired) electrons. The summed E-state index contributed by atoms with van der Waals surface area (Å²) in [5.41, 5.74) is 3.14. The molecule has 0 saturated heterocycles. The molecule has 182 valence electrons. The number of aryl methyl sites for hydroxylation is 1. The van der Waals surface area contributed by atoms with Crippen LogP contribution >= 0.6 is 11.3 Å². The van der Waals surface area contributed by atoms with E-state index in [4.69, 9.17) is 4.74 Å². The van der Waals surface area contributed by atoms with E-state index in [0.29, 0.717) is 52.0 Å². The second-order valence-corrected chi connectivity index (χ2v) is 9.09. The van der Waals surface area contributed by atoms with Crippen LogP contribution in [-0.4, -0.2) is 44.2 Å². The van der Waals surface area contributed by atoms with E-state index in [-0.39, 0.29) is 10.7 Å². The number of hydrogen-bond acceptors (Lipinski definition) is 7. The average Bonchev–Trinajstić information content (AvgIpc) is 3.48. The number of nitrogens with one attached hydrogen (secondary N) is 1. The van der Waals surface area contributed by atoms with Gasteiger partial charge in [0.2, 0.25) is 0 Å². The number of fused-ring (bicyclic) bond motifs is 1. The van der Waals surface area contributed by atoms with Gasteiger partial charge in [-0.25, -0.2) is 19.2 Å². The summed E-state index contributed by atoms with van der Waals surface area (Å²) in [6.07, 6.45) is 3.06. The molecule has 4 aromatic heterocycles. The van der Waals surface area contributed by atoms with Gasteiger partial charge in [-0.2, -0.15) is 0 Å². The van der Waals surface area contributed by atoms with Gasteiger partial charge in [0.15, 0.2) is 0 Å². The largest absolute Gasteiger partial charge is 0.496 e. The van der Waals surface area contributed by atoms with Gasteiger partial charge in [-0.1, -0.05) is 6.07 Å². The first-order valence-electron chi connectivity index (χ1n) is 11.1. The van der Waals surface area contributed by atoms with Gasteiger partial charge in [-0.3, -0.25) is 4.98 Å². The first kappa shape index (κ1) is 23.4. The van der Waals surface area contributed by atoms with Gasteiger partial charge in [0, 0.05) is 42.0 Å². The fourth-order valence-corrected chi connectivity index (χ4v) is 5.15. The summed E-state index contributed by atoms with van der Waals surface area (Å²) < 4.78 is 21.9. The number of aromatic nitrogens is 4. The highest BCUT2D eigenvalue weighted by Gasteiger charge is 2.19. The monoisotopic (exact) mass is 503 g/mol. The van der Waals surface area contributed by atoms with Crippen molar-refractivity contribution in [3.05, 3.63) is 77.4 Å². The molecule has 0 fully saturated rings. The number of pyridine rings is 1. The van der Waals surface area contributed by atoms with Gasteiger partial charge in [0.05, 0.1) is 28.9 Å². The van der Waals surface area contributed by atoms with E-state index >= 15 is 0 Å². The minimum absolute atomic E-state index is 0.198. The van der Waals surface area contributed by atoms with Crippen molar-refractivity contribution in [2.24, 2.45) is 0 Å². The zero-order valence-electron chi connectivity index (χ0n) is 19.5. The molecule has 5 rings (SSSR count). The highest BCUT2D eigenvalue weighted by Crippen LogP contribution is 2.36. The van der Waals surface area contributed by atoms with Crippen molar-refractivity contribution in [2.75, 3.05) is 19.0 Å².